The highest BCUT2D eigenvalue weighted by atomic mass is 19.4. The predicted molar refractivity (Wildman–Crippen MR) is 82.4 cm³/mol. The Morgan fingerprint density at radius 2 is 1.92 bits per heavy atom. The number of pyridine rings is 1. The Morgan fingerprint density at radius 3 is 2.54 bits per heavy atom. The fourth-order valence-electron chi connectivity index (χ4n) is 2.78. The molecule has 1 aliphatic carbocycles. The van der Waals surface area contributed by atoms with Gasteiger partial charge >= 0.3 is 12.1 Å². The SMILES string of the molecule is COC(=O)c1ccnc2c1CC(Cc1ccc(C(F)(F)F)cc1)=C2. The molecular formula is C18H14F3NO2. The summed E-state index contributed by atoms with van der Waals surface area (Å²) in [6.45, 7) is 0. The number of rotatable bonds is 3. The maximum Gasteiger partial charge on any atom is 0.416 e. The van der Waals surface area contributed by atoms with Gasteiger partial charge in [0.1, 0.15) is 0 Å². The lowest BCUT2D eigenvalue weighted by Gasteiger charge is -2.08. The Kier molecular flexibility index (Phi) is 4.13. The third-order valence-corrected chi connectivity index (χ3v) is 3.95. The summed E-state index contributed by atoms with van der Waals surface area (Å²) >= 11 is 0. The van der Waals surface area contributed by atoms with Crippen molar-refractivity contribution in [3.05, 3.63) is 70.0 Å². The number of esters is 1. The molecule has 0 radical (unpaired) electrons. The average molecular weight is 333 g/mol. The molecule has 2 aromatic rings. The third-order valence-electron chi connectivity index (χ3n) is 3.95. The zero-order valence-electron chi connectivity index (χ0n) is 12.9. The van der Waals surface area contributed by atoms with Gasteiger partial charge in [-0.15, -0.1) is 0 Å². The standard InChI is InChI=1S/C18H14F3NO2/c1-24-17(23)14-6-7-22-16-10-12(9-15(14)16)8-11-2-4-13(5-3-11)18(19,20)21/h2-7,10H,8-9H2,1H3. The van der Waals surface area contributed by atoms with E-state index in [1.165, 1.54) is 19.2 Å². The van der Waals surface area contributed by atoms with Crippen LogP contribution in [0.4, 0.5) is 13.2 Å². The number of fused-ring (bicyclic) bond motifs is 1. The van der Waals surface area contributed by atoms with E-state index in [2.05, 4.69) is 4.98 Å². The molecule has 1 aliphatic rings. The molecule has 6 heteroatoms. The topological polar surface area (TPSA) is 39.2 Å². The Morgan fingerprint density at radius 1 is 1.21 bits per heavy atom. The molecule has 0 unspecified atom stereocenters. The summed E-state index contributed by atoms with van der Waals surface area (Å²) in [5, 5.41) is 0. The van der Waals surface area contributed by atoms with E-state index in [4.69, 9.17) is 4.74 Å². The van der Waals surface area contributed by atoms with E-state index >= 15 is 0 Å². The number of hydrogen-bond donors (Lipinski definition) is 0. The Hall–Kier alpha value is -2.63. The van der Waals surface area contributed by atoms with Crippen LogP contribution in [0.25, 0.3) is 6.08 Å². The summed E-state index contributed by atoms with van der Waals surface area (Å²) in [5.74, 6) is -0.419. The van der Waals surface area contributed by atoms with Crippen molar-refractivity contribution in [2.75, 3.05) is 7.11 Å². The lowest BCUT2D eigenvalue weighted by atomic mass is 10.0. The smallest absolute Gasteiger partial charge is 0.416 e. The van der Waals surface area contributed by atoms with Gasteiger partial charge in [0.25, 0.3) is 0 Å². The van der Waals surface area contributed by atoms with Gasteiger partial charge in [-0.1, -0.05) is 17.7 Å². The molecular weight excluding hydrogens is 319 g/mol. The zero-order valence-corrected chi connectivity index (χ0v) is 12.9. The molecule has 3 rings (SSSR count). The largest absolute Gasteiger partial charge is 0.465 e. The number of methoxy groups -OCH3 is 1. The lowest BCUT2D eigenvalue weighted by Crippen LogP contribution is -2.07. The van der Waals surface area contributed by atoms with Gasteiger partial charge in [0.2, 0.25) is 0 Å². The maximum absolute atomic E-state index is 12.6. The molecule has 124 valence electrons. The molecule has 0 aliphatic heterocycles. The molecule has 1 heterocycles. The number of nitrogens with zero attached hydrogens (tertiary/aromatic N) is 1. The van der Waals surface area contributed by atoms with Gasteiger partial charge in [-0.2, -0.15) is 13.2 Å². The van der Waals surface area contributed by atoms with Crippen LogP contribution in [0.5, 0.6) is 0 Å². The number of hydrogen-bond acceptors (Lipinski definition) is 3. The molecule has 1 aromatic carbocycles. The van der Waals surface area contributed by atoms with E-state index in [1.807, 2.05) is 6.08 Å². The number of allylic oxidation sites excluding steroid dienone is 1. The zero-order chi connectivity index (χ0) is 17.3. The minimum Gasteiger partial charge on any atom is -0.465 e. The van der Waals surface area contributed by atoms with Crippen molar-refractivity contribution in [2.24, 2.45) is 0 Å². The van der Waals surface area contributed by atoms with E-state index in [9.17, 15) is 18.0 Å². The van der Waals surface area contributed by atoms with Crippen LogP contribution in [0.3, 0.4) is 0 Å². The maximum atomic E-state index is 12.6. The van der Waals surface area contributed by atoms with Crippen LogP contribution in [-0.4, -0.2) is 18.1 Å². The van der Waals surface area contributed by atoms with Crippen molar-refractivity contribution >= 4 is 12.0 Å². The normalized spacial score (nSPS) is 13.4. The second-order valence-electron chi connectivity index (χ2n) is 5.56. The van der Waals surface area contributed by atoms with E-state index in [0.29, 0.717) is 24.1 Å². The fraction of sp³-hybridized carbons (Fsp3) is 0.222. The first kappa shape index (κ1) is 16.2. The van der Waals surface area contributed by atoms with Crippen molar-refractivity contribution < 1.29 is 22.7 Å². The summed E-state index contributed by atoms with van der Waals surface area (Å²) in [4.78, 5) is 16.0. The number of ether oxygens (including phenoxy) is 1. The molecule has 0 amide bonds. The number of halogens is 3. The summed E-state index contributed by atoms with van der Waals surface area (Å²) in [6.07, 6.45) is 0.132. The van der Waals surface area contributed by atoms with E-state index in [-0.39, 0.29) is 0 Å². The van der Waals surface area contributed by atoms with Gasteiger partial charge in [-0.3, -0.25) is 4.98 Å². The van der Waals surface area contributed by atoms with Crippen LogP contribution in [-0.2, 0) is 23.8 Å². The molecule has 0 N–H and O–H groups in total. The number of aromatic nitrogens is 1. The van der Waals surface area contributed by atoms with Gasteiger partial charge in [0.15, 0.2) is 0 Å². The highest BCUT2D eigenvalue weighted by Crippen LogP contribution is 2.31. The monoisotopic (exact) mass is 333 g/mol. The molecule has 0 bridgehead atoms. The second-order valence-corrected chi connectivity index (χ2v) is 5.56. The molecule has 0 spiro atoms. The summed E-state index contributed by atoms with van der Waals surface area (Å²) in [7, 11) is 1.32. The van der Waals surface area contributed by atoms with Crippen LogP contribution in [0.1, 0.15) is 32.7 Å². The van der Waals surface area contributed by atoms with Crippen molar-refractivity contribution in [2.45, 2.75) is 19.0 Å². The molecule has 0 saturated carbocycles. The van der Waals surface area contributed by atoms with Crippen LogP contribution >= 0.6 is 0 Å². The Bertz CT molecular complexity index is 808. The van der Waals surface area contributed by atoms with Crippen molar-refractivity contribution in [3.63, 3.8) is 0 Å². The average Bonchev–Trinajstić information content (AvgIpc) is 2.96. The van der Waals surface area contributed by atoms with Crippen LogP contribution in [0, 0.1) is 0 Å². The van der Waals surface area contributed by atoms with Gasteiger partial charge in [0.05, 0.1) is 23.9 Å². The summed E-state index contributed by atoms with van der Waals surface area (Å²) < 4.78 is 42.5. The van der Waals surface area contributed by atoms with Gasteiger partial charge in [0, 0.05) is 6.20 Å². The lowest BCUT2D eigenvalue weighted by molar-refractivity contribution is -0.137. The Balaban J connectivity index is 1.78. The third kappa shape index (κ3) is 3.18. The number of carbonyl (C=O) groups is 1. The Labute approximate surface area is 136 Å². The minimum atomic E-state index is -4.33. The first-order chi connectivity index (χ1) is 11.4. The first-order valence-electron chi connectivity index (χ1n) is 7.30. The first-order valence-corrected chi connectivity index (χ1v) is 7.30. The van der Waals surface area contributed by atoms with Crippen LogP contribution in [0.2, 0.25) is 0 Å². The summed E-state index contributed by atoms with van der Waals surface area (Å²) in [6, 6.07) is 6.72. The minimum absolute atomic E-state index is 0.419. The quantitative estimate of drug-likeness (QED) is 0.795. The van der Waals surface area contributed by atoms with Gasteiger partial charge in [-0.05, 0) is 48.2 Å². The predicted octanol–water partition coefficient (Wildman–Crippen LogP) is 4.07. The molecule has 24 heavy (non-hydrogen) atoms. The molecule has 1 aromatic heterocycles. The van der Waals surface area contributed by atoms with Crippen LogP contribution in [0.15, 0.2) is 42.1 Å². The number of benzene rings is 1. The van der Waals surface area contributed by atoms with E-state index in [0.717, 1.165) is 28.8 Å². The van der Waals surface area contributed by atoms with Gasteiger partial charge in [-0.25, -0.2) is 4.79 Å². The highest BCUT2D eigenvalue weighted by molar-refractivity contribution is 5.92. The number of alkyl halides is 3. The van der Waals surface area contributed by atoms with E-state index < -0.39 is 17.7 Å². The molecule has 3 nitrogen and oxygen atoms in total. The fourth-order valence-corrected chi connectivity index (χ4v) is 2.78. The number of carbonyl (C=O) groups excluding carboxylic acids is 1. The van der Waals surface area contributed by atoms with Gasteiger partial charge < -0.3 is 4.74 Å². The van der Waals surface area contributed by atoms with Crippen molar-refractivity contribution in [1.82, 2.24) is 4.98 Å². The second kappa shape index (κ2) is 6.11. The summed E-state index contributed by atoms with van der Waals surface area (Å²) in [5.41, 5.74) is 3.09. The van der Waals surface area contributed by atoms with E-state index in [1.54, 1.807) is 12.3 Å². The molecule has 0 fully saturated rings. The highest BCUT2D eigenvalue weighted by Gasteiger charge is 2.30. The molecule has 0 saturated heterocycles. The van der Waals surface area contributed by atoms with Crippen molar-refractivity contribution in [1.29, 1.82) is 0 Å². The molecule has 0 atom stereocenters. The van der Waals surface area contributed by atoms with Crippen molar-refractivity contribution in [3.8, 4) is 0 Å². The van der Waals surface area contributed by atoms with Crippen LogP contribution < -0.4 is 0 Å².